The van der Waals surface area contributed by atoms with Crippen LogP contribution in [0.3, 0.4) is 0 Å². The number of nitrogens with zero attached hydrogens (tertiary/aromatic N) is 4. The molecule has 2 bridgehead atoms. The number of aromatic hydroxyl groups is 1. The number of rotatable bonds is 7. The molecule has 3 aromatic carbocycles. The molecule has 5 aliphatic rings. The average molecular weight is 650 g/mol. The summed E-state index contributed by atoms with van der Waals surface area (Å²) >= 11 is 0. The van der Waals surface area contributed by atoms with E-state index in [1.165, 1.54) is 0 Å². The number of fused-ring (bicyclic) bond motifs is 3. The number of hydrogen-bond acceptors (Lipinski definition) is 9. The summed E-state index contributed by atoms with van der Waals surface area (Å²) in [5, 5.41) is 16.5. The van der Waals surface area contributed by atoms with Gasteiger partial charge in [0.1, 0.15) is 18.2 Å². The first-order valence-electron chi connectivity index (χ1n) is 17.2. The minimum atomic E-state index is -0.492. The van der Waals surface area contributed by atoms with Gasteiger partial charge in [0.15, 0.2) is 11.6 Å². The molecule has 0 unspecified atom stereocenters. The normalized spacial score (nSPS) is 25.5. The van der Waals surface area contributed by atoms with Gasteiger partial charge in [-0.15, -0.1) is 6.42 Å². The van der Waals surface area contributed by atoms with E-state index in [0.29, 0.717) is 82.1 Å². The van der Waals surface area contributed by atoms with Gasteiger partial charge < -0.3 is 29.5 Å². The van der Waals surface area contributed by atoms with Crippen molar-refractivity contribution in [3.8, 4) is 41.0 Å². The molecule has 1 aliphatic carbocycles. The number of phenolic OH excluding ortho intramolecular Hbond substituents is 1. The number of aryl methyl sites for hydroxylation is 1. The number of phenols is 1. The van der Waals surface area contributed by atoms with E-state index in [9.17, 15) is 5.11 Å². The smallest absolute Gasteiger partial charge is 0.318 e. The Morgan fingerprint density at radius 2 is 2.10 bits per heavy atom. The van der Waals surface area contributed by atoms with E-state index in [2.05, 4.69) is 28.0 Å². The largest absolute Gasteiger partial charge is 0.508 e. The first kappa shape index (κ1) is 29.9. The lowest BCUT2D eigenvalue weighted by Crippen LogP contribution is -2.55. The van der Waals surface area contributed by atoms with Gasteiger partial charge in [0.25, 0.3) is 0 Å². The van der Waals surface area contributed by atoms with Crippen LogP contribution in [0.2, 0.25) is 0 Å². The maximum Gasteiger partial charge on any atom is 0.318 e. The number of terminal acetylenes is 1. The zero-order valence-electron chi connectivity index (χ0n) is 27.4. The summed E-state index contributed by atoms with van der Waals surface area (Å²) in [5.41, 5.74) is 2.48. The SMILES string of the molecule is C#Cc1cccc2cc(O)cc(-c3c(F)c4c5c(nc(OCC6(CN7CCOC[C@H]7C)CC6)nc5c3CC)N3C[C@H]5C[C@@]3(CN5)CO4)c12. The Hall–Kier alpha value is -4.17. The fraction of sp³-hybridized carbons (Fsp3) is 0.474. The number of halogens is 1. The molecule has 1 saturated carbocycles. The predicted molar refractivity (Wildman–Crippen MR) is 182 cm³/mol. The quantitative estimate of drug-likeness (QED) is 0.268. The van der Waals surface area contributed by atoms with Gasteiger partial charge in [-0.2, -0.15) is 9.97 Å². The van der Waals surface area contributed by atoms with Gasteiger partial charge in [-0.25, -0.2) is 4.39 Å². The topological polar surface area (TPSA) is 92.2 Å². The van der Waals surface area contributed by atoms with Crippen molar-refractivity contribution in [2.75, 3.05) is 57.5 Å². The molecule has 0 amide bonds. The maximum absolute atomic E-state index is 17.3. The van der Waals surface area contributed by atoms with Crippen LogP contribution in [0.5, 0.6) is 17.5 Å². The van der Waals surface area contributed by atoms with Gasteiger partial charge in [-0.05, 0) is 67.3 Å². The summed E-state index contributed by atoms with van der Waals surface area (Å²) in [5.74, 6) is 3.11. The van der Waals surface area contributed by atoms with Crippen molar-refractivity contribution >= 4 is 27.5 Å². The van der Waals surface area contributed by atoms with E-state index in [0.717, 1.165) is 64.0 Å². The molecule has 1 aromatic heterocycles. The van der Waals surface area contributed by atoms with Gasteiger partial charge in [-0.3, -0.25) is 4.90 Å². The molecular formula is C38H40FN5O4. The van der Waals surface area contributed by atoms with Crippen molar-refractivity contribution in [1.29, 1.82) is 0 Å². The van der Waals surface area contributed by atoms with Crippen molar-refractivity contribution < 1.29 is 23.7 Å². The molecule has 1 spiro atoms. The maximum atomic E-state index is 17.3. The molecule has 0 radical (unpaired) electrons. The summed E-state index contributed by atoms with van der Waals surface area (Å²) in [6.07, 6.45) is 9.51. The fourth-order valence-electron chi connectivity index (χ4n) is 8.64. The second kappa shape index (κ2) is 10.9. The number of anilines is 1. The molecule has 2 N–H and O–H groups in total. The fourth-order valence-corrected chi connectivity index (χ4v) is 8.64. The van der Waals surface area contributed by atoms with Crippen LogP contribution in [0, 0.1) is 23.6 Å². The van der Waals surface area contributed by atoms with Crippen LogP contribution in [0.25, 0.3) is 32.8 Å². The molecule has 248 valence electrons. The van der Waals surface area contributed by atoms with Crippen molar-refractivity contribution in [2.24, 2.45) is 5.41 Å². The molecular weight excluding hydrogens is 609 g/mol. The molecule has 9 rings (SSSR count). The molecule has 3 atom stereocenters. The van der Waals surface area contributed by atoms with Crippen molar-refractivity contribution in [3.05, 3.63) is 47.3 Å². The summed E-state index contributed by atoms with van der Waals surface area (Å²) in [7, 11) is 0. The number of aromatic nitrogens is 2. The predicted octanol–water partition coefficient (Wildman–Crippen LogP) is 5.03. The van der Waals surface area contributed by atoms with Gasteiger partial charge in [0.2, 0.25) is 0 Å². The highest BCUT2D eigenvalue weighted by Gasteiger charge is 2.54. The highest BCUT2D eigenvalue weighted by Crippen LogP contribution is 2.52. The summed E-state index contributed by atoms with van der Waals surface area (Å²) in [6.45, 7) is 9.91. The second-order valence-electron chi connectivity index (χ2n) is 14.5. The number of piperazine rings is 1. The molecule has 9 nitrogen and oxygen atoms in total. The Kier molecular flexibility index (Phi) is 6.81. The van der Waals surface area contributed by atoms with Crippen LogP contribution in [-0.4, -0.2) is 90.2 Å². The lowest BCUT2D eigenvalue weighted by molar-refractivity contribution is -0.0134. The number of nitrogens with one attached hydrogen (secondary N) is 1. The molecule has 5 heterocycles. The van der Waals surface area contributed by atoms with E-state index < -0.39 is 5.82 Å². The van der Waals surface area contributed by atoms with Crippen LogP contribution < -0.4 is 19.7 Å². The number of ether oxygens (including phenoxy) is 3. The molecule has 4 aliphatic heterocycles. The van der Waals surface area contributed by atoms with Gasteiger partial charge >= 0.3 is 6.01 Å². The van der Waals surface area contributed by atoms with E-state index in [-0.39, 0.29) is 22.5 Å². The minimum absolute atomic E-state index is 0.0272. The zero-order valence-corrected chi connectivity index (χ0v) is 27.4. The molecule has 4 aromatic rings. The number of benzene rings is 3. The zero-order chi connectivity index (χ0) is 32.8. The first-order valence-corrected chi connectivity index (χ1v) is 17.2. The Labute approximate surface area is 279 Å². The molecule has 4 fully saturated rings. The Balaban J connectivity index is 1.22. The van der Waals surface area contributed by atoms with E-state index in [4.69, 9.17) is 30.6 Å². The van der Waals surface area contributed by atoms with Gasteiger partial charge in [0.05, 0.1) is 36.3 Å². The minimum Gasteiger partial charge on any atom is -0.508 e. The third-order valence-corrected chi connectivity index (χ3v) is 11.4. The monoisotopic (exact) mass is 649 g/mol. The van der Waals surface area contributed by atoms with E-state index >= 15 is 4.39 Å². The van der Waals surface area contributed by atoms with Crippen molar-refractivity contribution in [2.45, 2.75) is 57.2 Å². The Bertz CT molecular complexity index is 2020. The van der Waals surface area contributed by atoms with Crippen LogP contribution in [-0.2, 0) is 11.2 Å². The second-order valence-corrected chi connectivity index (χ2v) is 14.5. The molecule has 3 saturated heterocycles. The summed E-state index contributed by atoms with van der Waals surface area (Å²) < 4.78 is 36.1. The highest BCUT2D eigenvalue weighted by atomic mass is 19.1. The lowest BCUT2D eigenvalue weighted by Gasteiger charge is -2.38. The van der Waals surface area contributed by atoms with Crippen molar-refractivity contribution in [1.82, 2.24) is 20.2 Å². The standard InChI is InChI=1S/C38H40FN5O4/c1-4-23-7-6-8-24-13-26(45)14-28(29(23)24)30-27(5-2)33-31-34(32(30)39)47-21-38-15-25(40-18-38)16-44(38)35(31)42-36(41-33)48-20-37(9-10-37)19-43-11-12-46-17-22(43)3/h1,6-8,13-14,22,25,40,45H,5,9-12,15-21H2,2-3H3/t22-,25-,38-/m1/s1. The molecule has 10 heteroatoms. The Morgan fingerprint density at radius 3 is 2.88 bits per heavy atom. The lowest BCUT2D eigenvalue weighted by atomic mass is 9.88. The van der Waals surface area contributed by atoms with E-state index in [1.807, 2.05) is 25.1 Å². The summed E-state index contributed by atoms with van der Waals surface area (Å²) in [4.78, 5) is 15.0. The van der Waals surface area contributed by atoms with Crippen LogP contribution in [0.1, 0.15) is 44.2 Å². The average Bonchev–Trinajstić information content (AvgIpc) is 3.64. The highest BCUT2D eigenvalue weighted by molar-refractivity contribution is 6.07. The molecule has 48 heavy (non-hydrogen) atoms. The van der Waals surface area contributed by atoms with Crippen LogP contribution >= 0.6 is 0 Å². The third kappa shape index (κ3) is 4.55. The van der Waals surface area contributed by atoms with Gasteiger partial charge in [-0.1, -0.05) is 25.0 Å². The first-order chi connectivity index (χ1) is 23.3. The van der Waals surface area contributed by atoms with Crippen molar-refractivity contribution in [3.63, 3.8) is 0 Å². The number of hydrogen-bond donors (Lipinski definition) is 2. The van der Waals surface area contributed by atoms with Gasteiger partial charge in [0, 0.05) is 60.2 Å². The number of morpholine rings is 1. The van der Waals surface area contributed by atoms with Crippen LogP contribution in [0.4, 0.5) is 10.2 Å². The summed E-state index contributed by atoms with van der Waals surface area (Å²) in [6, 6.07) is 9.81. The third-order valence-electron chi connectivity index (χ3n) is 11.4. The van der Waals surface area contributed by atoms with Crippen LogP contribution in [0.15, 0.2) is 30.3 Å². The Morgan fingerprint density at radius 1 is 1.23 bits per heavy atom. The van der Waals surface area contributed by atoms with E-state index in [1.54, 1.807) is 12.1 Å².